The van der Waals surface area contributed by atoms with Gasteiger partial charge in [0.05, 0.1) is 13.5 Å². The van der Waals surface area contributed by atoms with Crippen LogP contribution in [0.4, 0.5) is 4.39 Å². The van der Waals surface area contributed by atoms with E-state index in [1.165, 1.54) is 6.07 Å². The van der Waals surface area contributed by atoms with Gasteiger partial charge < -0.3 is 14.6 Å². The number of methoxy groups -OCH3 is 1. The summed E-state index contributed by atoms with van der Waals surface area (Å²) in [6.45, 7) is 8.85. The van der Waals surface area contributed by atoms with Crippen molar-refractivity contribution in [3.05, 3.63) is 83.2 Å². The van der Waals surface area contributed by atoms with Crippen LogP contribution < -0.4 is 9.47 Å². The summed E-state index contributed by atoms with van der Waals surface area (Å²) >= 11 is 0. The van der Waals surface area contributed by atoms with Gasteiger partial charge in [-0.05, 0) is 76.8 Å². The van der Waals surface area contributed by atoms with Crippen molar-refractivity contribution in [2.45, 2.75) is 59.5 Å². The predicted molar refractivity (Wildman–Crippen MR) is 138 cm³/mol. The van der Waals surface area contributed by atoms with Gasteiger partial charge in [-0.1, -0.05) is 58.0 Å². The highest BCUT2D eigenvalue weighted by Crippen LogP contribution is 2.33. The molecule has 0 aliphatic rings. The third-order valence-corrected chi connectivity index (χ3v) is 6.09. The number of halogens is 1. The first-order valence-electron chi connectivity index (χ1n) is 12.0. The monoisotopic (exact) mass is 478 g/mol. The van der Waals surface area contributed by atoms with Gasteiger partial charge in [-0.3, -0.25) is 4.79 Å². The minimum Gasteiger partial charge on any atom is -0.497 e. The Kier molecular flexibility index (Phi) is 8.55. The zero-order valence-electron chi connectivity index (χ0n) is 21.2. The minimum absolute atomic E-state index is 0.0723. The molecule has 4 nitrogen and oxygen atoms in total. The molecular formula is C30H35FO4. The Labute approximate surface area is 207 Å². The summed E-state index contributed by atoms with van der Waals surface area (Å²) in [7, 11) is 1.58. The van der Waals surface area contributed by atoms with Crippen LogP contribution in [0.3, 0.4) is 0 Å². The van der Waals surface area contributed by atoms with Crippen molar-refractivity contribution < 1.29 is 23.8 Å². The Morgan fingerprint density at radius 2 is 1.77 bits per heavy atom. The molecular weight excluding hydrogens is 443 g/mol. The van der Waals surface area contributed by atoms with Crippen LogP contribution in [0.15, 0.2) is 60.7 Å². The van der Waals surface area contributed by atoms with E-state index in [4.69, 9.17) is 14.6 Å². The lowest BCUT2D eigenvalue weighted by Crippen LogP contribution is -2.08. The summed E-state index contributed by atoms with van der Waals surface area (Å²) in [6, 6.07) is 18.4. The minimum atomic E-state index is -0.820. The molecule has 3 aromatic rings. The lowest BCUT2D eigenvalue weighted by molar-refractivity contribution is -0.137. The van der Waals surface area contributed by atoms with E-state index in [0.717, 1.165) is 35.1 Å². The summed E-state index contributed by atoms with van der Waals surface area (Å²) < 4.78 is 26.2. The fourth-order valence-corrected chi connectivity index (χ4v) is 4.01. The topological polar surface area (TPSA) is 55.8 Å². The van der Waals surface area contributed by atoms with E-state index in [0.29, 0.717) is 23.7 Å². The number of carbonyl (C=O) groups is 1. The van der Waals surface area contributed by atoms with Crippen molar-refractivity contribution >= 4 is 5.97 Å². The highest BCUT2D eigenvalue weighted by molar-refractivity contribution is 5.70. The Morgan fingerprint density at radius 3 is 2.46 bits per heavy atom. The number of carboxylic acid groups (broad SMARTS) is 1. The molecule has 0 saturated carbocycles. The maximum atomic E-state index is 14.8. The van der Waals surface area contributed by atoms with Gasteiger partial charge in [0, 0.05) is 5.56 Å². The molecule has 0 aliphatic heterocycles. The third-order valence-electron chi connectivity index (χ3n) is 6.09. The number of aliphatic carboxylic acids is 1. The smallest absolute Gasteiger partial charge is 0.303 e. The van der Waals surface area contributed by atoms with E-state index in [1.54, 1.807) is 19.2 Å². The Morgan fingerprint density at radius 1 is 1.00 bits per heavy atom. The molecule has 0 saturated heterocycles. The fourth-order valence-electron chi connectivity index (χ4n) is 4.01. The molecule has 0 aliphatic carbocycles. The summed E-state index contributed by atoms with van der Waals surface area (Å²) in [6.07, 6.45) is 1.84. The van der Waals surface area contributed by atoms with Gasteiger partial charge in [-0.25, -0.2) is 4.39 Å². The molecule has 0 aromatic heterocycles. The summed E-state index contributed by atoms with van der Waals surface area (Å²) in [5.41, 5.74) is 4.52. The van der Waals surface area contributed by atoms with Crippen LogP contribution in [-0.4, -0.2) is 18.2 Å². The number of ether oxygens (including phenoxy) is 2. The number of hydrogen-bond donors (Lipinski definition) is 1. The van der Waals surface area contributed by atoms with Gasteiger partial charge in [0.25, 0.3) is 0 Å². The van der Waals surface area contributed by atoms with E-state index >= 15 is 0 Å². The normalized spacial score (nSPS) is 12.3. The predicted octanol–water partition coefficient (Wildman–Crippen LogP) is 7.64. The van der Waals surface area contributed by atoms with Crippen molar-refractivity contribution in [1.29, 1.82) is 0 Å². The van der Waals surface area contributed by atoms with Crippen LogP contribution in [0.25, 0.3) is 11.1 Å². The SMILES string of the molecule is COc1ccc(F)c(-c2ccc(COc3cccc([C@H](C)CC(=O)O)c3)cc2CCC(C)(C)C)c1. The van der Waals surface area contributed by atoms with Gasteiger partial charge in [0.15, 0.2) is 0 Å². The first kappa shape index (κ1) is 26.3. The molecule has 0 radical (unpaired) electrons. The second kappa shape index (κ2) is 11.4. The zero-order valence-corrected chi connectivity index (χ0v) is 21.2. The highest BCUT2D eigenvalue weighted by atomic mass is 19.1. The van der Waals surface area contributed by atoms with Gasteiger partial charge >= 0.3 is 5.97 Å². The van der Waals surface area contributed by atoms with Gasteiger partial charge in [-0.15, -0.1) is 0 Å². The first-order valence-corrected chi connectivity index (χ1v) is 12.0. The number of rotatable bonds is 10. The van der Waals surface area contributed by atoms with Crippen LogP contribution >= 0.6 is 0 Å². The van der Waals surface area contributed by atoms with Crippen molar-refractivity contribution in [2.24, 2.45) is 5.41 Å². The second-order valence-corrected chi connectivity index (χ2v) is 10.3. The first-order chi connectivity index (χ1) is 16.6. The maximum absolute atomic E-state index is 14.8. The van der Waals surface area contributed by atoms with Crippen LogP contribution in [0.5, 0.6) is 11.5 Å². The number of aryl methyl sites for hydroxylation is 1. The van der Waals surface area contributed by atoms with Crippen LogP contribution in [0.1, 0.15) is 63.1 Å². The fraction of sp³-hybridized carbons (Fsp3) is 0.367. The molecule has 0 fully saturated rings. The molecule has 0 unspecified atom stereocenters. The van der Waals surface area contributed by atoms with E-state index in [1.807, 2.05) is 43.3 Å². The Balaban J connectivity index is 1.86. The van der Waals surface area contributed by atoms with Gasteiger partial charge in [0.1, 0.15) is 23.9 Å². The van der Waals surface area contributed by atoms with Gasteiger partial charge in [-0.2, -0.15) is 0 Å². The van der Waals surface area contributed by atoms with E-state index < -0.39 is 5.97 Å². The lowest BCUT2D eigenvalue weighted by atomic mass is 9.86. The standard InChI is InChI=1S/C30H35FO4/c1-20(15-29(32)33)22-7-6-8-25(17-22)35-19-21-9-11-26(23(16-21)13-14-30(2,3)4)27-18-24(34-5)10-12-28(27)31/h6-12,16-18,20H,13-15,19H2,1-5H3,(H,32,33)/t20-/m1/s1. The molecule has 0 spiro atoms. The summed E-state index contributed by atoms with van der Waals surface area (Å²) in [5, 5.41) is 9.08. The molecule has 186 valence electrons. The highest BCUT2D eigenvalue weighted by Gasteiger charge is 2.16. The summed E-state index contributed by atoms with van der Waals surface area (Å²) in [4.78, 5) is 11.1. The van der Waals surface area contributed by atoms with E-state index in [-0.39, 0.29) is 23.6 Å². The molecule has 3 aromatic carbocycles. The van der Waals surface area contributed by atoms with Crippen molar-refractivity contribution in [2.75, 3.05) is 7.11 Å². The van der Waals surface area contributed by atoms with E-state index in [9.17, 15) is 9.18 Å². The molecule has 0 amide bonds. The number of hydrogen-bond acceptors (Lipinski definition) is 3. The van der Waals surface area contributed by atoms with E-state index in [2.05, 4.69) is 26.8 Å². The molecule has 5 heteroatoms. The lowest BCUT2D eigenvalue weighted by Gasteiger charge is -2.20. The molecule has 35 heavy (non-hydrogen) atoms. The van der Waals surface area contributed by atoms with Gasteiger partial charge in [0.2, 0.25) is 0 Å². The quantitative estimate of drug-likeness (QED) is 0.325. The molecule has 0 heterocycles. The molecule has 3 rings (SSSR count). The Hall–Kier alpha value is -3.34. The molecule has 0 bridgehead atoms. The molecule has 1 N–H and O–H groups in total. The van der Waals surface area contributed by atoms with Crippen LogP contribution in [0.2, 0.25) is 0 Å². The maximum Gasteiger partial charge on any atom is 0.303 e. The Bertz CT molecular complexity index is 1160. The third kappa shape index (κ3) is 7.57. The van der Waals surface area contributed by atoms with Crippen LogP contribution in [-0.2, 0) is 17.8 Å². The average molecular weight is 479 g/mol. The van der Waals surface area contributed by atoms with Crippen molar-refractivity contribution in [3.8, 4) is 22.6 Å². The largest absolute Gasteiger partial charge is 0.497 e. The second-order valence-electron chi connectivity index (χ2n) is 10.3. The zero-order chi connectivity index (χ0) is 25.6. The van der Waals surface area contributed by atoms with Crippen LogP contribution in [0, 0.1) is 11.2 Å². The molecule has 1 atom stereocenters. The summed E-state index contributed by atoms with van der Waals surface area (Å²) in [5.74, 6) is 0.113. The number of carboxylic acids is 1. The van der Waals surface area contributed by atoms with Crippen molar-refractivity contribution in [1.82, 2.24) is 0 Å². The number of benzene rings is 3. The average Bonchev–Trinajstić information content (AvgIpc) is 2.81. The van der Waals surface area contributed by atoms with Crippen molar-refractivity contribution in [3.63, 3.8) is 0 Å².